The molecule has 0 aliphatic carbocycles. The maximum atomic E-state index is 12.3. The first-order chi connectivity index (χ1) is 12.5. The van der Waals surface area contributed by atoms with E-state index >= 15 is 0 Å². The molecule has 7 heteroatoms. The van der Waals surface area contributed by atoms with Crippen LogP contribution in [0.1, 0.15) is 23.0 Å². The Bertz CT molecular complexity index is 939. The minimum absolute atomic E-state index is 0. The lowest BCUT2D eigenvalue weighted by atomic mass is 10.0. The quantitative estimate of drug-likeness (QED) is 0.680. The highest BCUT2D eigenvalue weighted by molar-refractivity contribution is 5.85. The minimum Gasteiger partial charge on any atom is -0.480 e. The number of carbonyl (C=O) groups is 1. The van der Waals surface area contributed by atoms with Gasteiger partial charge in [-0.05, 0) is 36.2 Å². The number of nitrogens with one attached hydrogen (secondary N) is 1. The molecule has 3 N–H and O–H groups in total. The van der Waals surface area contributed by atoms with Crippen LogP contribution < -0.4 is 15.8 Å². The molecule has 0 aliphatic heterocycles. The summed E-state index contributed by atoms with van der Waals surface area (Å²) in [6.45, 7) is 4.01. The summed E-state index contributed by atoms with van der Waals surface area (Å²) in [5.41, 5.74) is 8.52. The monoisotopic (exact) mass is 388 g/mol. The summed E-state index contributed by atoms with van der Waals surface area (Å²) in [7, 11) is 1.85. The van der Waals surface area contributed by atoms with Crippen LogP contribution >= 0.6 is 12.4 Å². The van der Waals surface area contributed by atoms with Crippen LogP contribution in [0.4, 0.5) is 0 Å². The molecule has 0 fully saturated rings. The fourth-order valence-corrected chi connectivity index (χ4v) is 3.04. The largest absolute Gasteiger partial charge is 0.480 e. The summed E-state index contributed by atoms with van der Waals surface area (Å²) in [4.78, 5) is 12.3. The smallest absolute Gasteiger partial charge is 0.258 e. The lowest BCUT2D eigenvalue weighted by Crippen LogP contribution is -2.36. The highest BCUT2D eigenvalue weighted by Gasteiger charge is 2.16. The van der Waals surface area contributed by atoms with Crippen molar-refractivity contribution < 1.29 is 9.53 Å². The van der Waals surface area contributed by atoms with Crippen molar-refractivity contribution in [1.82, 2.24) is 15.1 Å². The van der Waals surface area contributed by atoms with Gasteiger partial charge in [-0.15, -0.1) is 12.4 Å². The summed E-state index contributed by atoms with van der Waals surface area (Å²) >= 11 is 0. The molecule has 1 amide bonds. The second-order valence-corrected chi connectivity index (χ2v) is 6.37. The number of fused-ring (bicyclic) bond motifs is 1. The van der Waals surface area contributed by atoms with E-state index in [1.54, 1.807) is 4.68 Å². The van der Waals surface area contributed by atoms with Gasteiger partial charge in [0.2, 0.25) is 0 Å². The van der Waals surface area contributed by atoms with Gasteiger partial charge in [0, 0.05) is 13.6 Å². The van der Waals surface area contributed by atoms with Crippen molar-refractivity contribution in [1.29, 1.82) is 0 Å². The fourth-order valence-electron chi connectivity index (χ4n) is 3.04. The second kappa shape index (κ2) is 8.88. The topological polar surface area (TPSA) is 82.2 Å². The first-order valence-corrected chi connectivity index (χ1v) is 8.60. The van der Waals surface area contributed by atoms with Gasteiger partial charge in [0.15, 0.2) is 12.4 Å². The SMILES string of the molecule is Cc1nn(C)c(C)c1OCC(=O)NC(CN)c1ccc2ccccc2c1.Cl. The van der Waals surface area contributed by atoms with E-state index in [2.05, 4.69) is 22.5 Å². The molecule has 0 radical (unpaired) electrons. The molecular formula is C20H25ClN4O2. The highest BCUT2D eigenvalue weighted by Crippen LogP contribution is 2.22. The Kier molecular flexibility index (Phi) is 6.82. The van der Waals surface area contributed by atoms with Crippen molar-refractivity contribution in [3.05, 3.63) is 59.4 Å². The van der Waals surface area contributed by atoms with Crippen molar-refractivity contribution in [3.8, 4) is 5.75 Å². The molecule has 3 aromatic rings. The molecule has 0 aliphatic rings. The summed E-state index contributed by atoms with van der Waals surface area (Å²) in [6, 6.07) is 13.9. The molecule has 144 valence electrons. The summed E-state index contributed by atoms with van der Waals surface area (Å²) < 4.78 is 7.40. The zero-order valence-corrected chi connectivity index (χ0v) is 16.5. The zero-order valence-electron chi connectivity index (χ0n) is 15.7. The van der Waals surface area contributed by atoms with Crippen molar-refractivity contribution in [3.63, 3.8) is 0 Å². The molecule has 0 bridgehead atoms. The van der Waals surface area contributed by atoms with Crippen LogP contribution in [0.5, 0.6) is 5.75 Å². The molecule has 27 heavy (non-hydrogen) atoms. The van der Waals surface area contributed by atoms with Gasteiger partial charge in [-0.2, -0.15) is 5.10 Å². The lowest BCUT2D eigenvalue weighted by molar-refractivity contribution is -0.123. The molecule has 1 atom stereocenters. The molecule has 3 rings (SSSR count). The van der Waals surface area contributed by atoms with E-state index in [0.29, 0.717) is 12.3 Å². The number of hydrogen-bond acceptors (Lipinski definition) is 4. The van der Waals surface area contributed by atoms with Crippen LogP contribution in [-0.4, -0.2) is 28.8 Å². The van der Waals surface area contributed by atoms with Gasteiger partial charge in [-0.3, -0.25) is 9.48 Å². The molecule has 6 nitrogen and oxygen atoms in total. The van der Waals surface area contributed by atoms with Crippen LogP contribution in [-0.2, 0) is 11.8 Å². The Morgan fingerprint density at radius 3 is 2.56 bits per heavy atom. The first-order valence-electron chi connectivity index (χ1n) is 8.60. The number of nitrogens with two attached hydrogens (primary N) is 1. The van der Waals surface area contributed by atoms with Crippen molar-refractivity contribution in [2.45, 2.75) is 19.9 Å². The average molecular weight is 389 g/mol. The number of amides is 1. The van der Waals surface area contributed by atoms with Crippen molar-refractivity contribution >= 4 is 29.1 Å². The van der Waals surface area contributed by atoms with Crippen LogP contribution in [0.25, 0.3) is 10.8 Å². The third-order valence-corrected chi connectivity index (χ3v) is 4.54. The van der Waals surface area contributed by atoms with Crippen LogP contribution in [0.2, 0.25) is 0 Å². The Labute approximate surface area is 165 Å². The van der Waals surface area contributed by atoms with E-state index in [0.717, 1.165) is 27.7 Å². The van der Waals surface area contributed by atoms with Gasteiger partial charge >= 0.3 is 0 Å². The standard InChI is InChI=1S/C20H24N4O2.ClH/c1-13-20(14(2)24(3)23-13)26-12-19(25)22-18(11-21)17-9-8-15-6-4-5-7-16(15)10-17;/h4-10,18H,11-12,21H2,1-3H3,(H,22,25);1H. The summed E-state index contributed by atoms with van der Waals surface area (Å²) in [6.07, 6.45) is 0. The van der Waals surface area contributed by atoms with Gasteiger partial charge in [-0.1, -0.05) is 36.4 Å². The zero-order chi connectivity index (χ0) is 18.7. The van der Waals surface area contributed by atoms with Gasteiger partial charge in [0.25, 0.3) is 5.91 Å². The molecule has 2 aromatic carbocycles. The molecular weight excluding hydrogens is 364 g/mol. The number of halogens is 1. The predicted octanol–water partition coefficient (Wildman–Crippen LogP) is 2.81. The van der Waals surface area contributed by atoms with Gasteiger partial charge in [-0.25, -0.2) is 0 Å². The summed E-state index contributed by atoms with van der Waals surface area (Å²) in [5, 5.41) is 9.51. The average Bonchev–Trinajstić information content (AvgIpc) is 2.89. The van der Waals surface area contributed by atoms with Crippen LogP contribution in [0.3, 0.4) is 0 Å². The molecule has 0 saturated heterocycles. The highest BCUT2D eigenvalue weighted by atomic mass is 35.5. The third kappa shape index (κ3) is 4.59. The molecule has 1 aromatic heterocycles. The van der Waals surface area contributed by atoms with Crippen molar-refractivity contribution in [2.75, 3.05) is 13.2 Å². The van der Waals surface area contributed by atoms with Gasteiger partial charge < -0.3 is 15.8 Å². The number of hydrogen-bond donors (Lipinski definition) is 2. The number of nitrogens with zero attached hydrogens (tertiary/aromatic N) is 2. The Morgan fingerprint density at radius 1 is 1.22 bits per heavy atom. The Morgan fingerprint density at radius 2 is 1.93 bits per heavy atom. The van der Waals surface area contributed by atoms with Gasteiger partial charge in [0.05, 0.1) is 11.7 Å². The summed E-state index contributed by atoms with van der Waals surface area (Å²) in [5.74, 6) is 0.439. The number of aromatic nitrogens is 2. The van der Waals surface area contributed by atoms with E-state index in [9.17, 15) is 4.79 Å². The Balaban J connectivity index is 0.00000261. The van der Waals surface area contributed by atoms with Gasteiger partial charge in [0.1, 0.15) is 5.69 Å². The normalized spacial score (nSPS) is 11.7. The van der Waals surface area contributed by atoms with E-state index < -0.39 is 0 Å². The van der Waals surface area contributed by atoms with Crippen LogP contribution in [0, 0.1) is 13.8 Å². The van der Waals surface area contributed by atoms with Crippen molar-refractivity contribution in [2.24, 2.45) is 12.8 Å². The number of rotatable bonds is 6. The minimum atomic E-state index is -0.258. The molecule has 0 spiro atoms. The van der Waals surface area contributed by atoms with E-state index in [4.69, 9.17) is 10.5 Å². The number of aryl methyl sites for hydroxylation is 2. The number of benzene rings is 2. The number of ether oxygens (including phenoxy) is 1. The molecule has 1 unspecified atom stereocenters. The lowest BCUT2D eigenvalue weighted by Gasteiger charge is -2.18. The predicted molar refractivity (Wildman–Crippen MR) is 109 cm³/mol. The maximum absolute atomic E-state index is 12.3. The molecule has 0 saturated carbocycles. The Hall–Kier alpha value is -2.57. The molecule has 1 heterocycles. The fraction of sp³-hybridized carbons (Fsp3) is 0.300. The first kappa shape index (κ1) is 20.7. The van der Waals surface area contributed by atoms with E-state index in [-0.39, 0.29) is 31.0 Å². The van der Waals surface area contributed by atoms with Crippen LogP contribution in [0.15, 0.2) is 42.5 Å². The third-order valence-electron chi connectivity index (χ3n) is 4.54. The van der Waals surface area contributed by atoms with E-state index in [1.165, 1.54) is 0 Å². The maximum Gasteiger partial charge on any atom is 0.258 e. The van der Waals surface area contributed by atoms with E-state index in [1.807, 2.05) is 51.2 Å². The number of carbonyl (C=O) groups excluding carboxylic acids is 1. The second-order valence-electron chi connectivity index (χ2n) is 6.37.